The Morgan fingerprint density at radius 2 is 1.45 bits per heavy atom. The van der Waals surface area contributed by atoms with Crippen molar-refractivity contribution in [3.05, 3.63) is 83.9 Å². The number of nitrogens with one attached hydrogen (secondary N) is 1. The summed E-state index contributed by atoms with van der Waals surface area (Å²) >= 11 is 0. The number of hydrogen-bond donors (Lipinski definition) is 1. The van der Waals surface area contributed by atoms with Crippen LogP contribution in [0.5, 0.6) is 0 Å². The Kier molecular flexibility index (Phi) is 6.43. The summed E-state index contributed by atoms with van der Waals surface area (Å²) in [6.45, 7) is 0.970. The monoisotopic (exact) mass is 529 g/mol. The zero-order valence-corrected chi connectivity index (χ0v) is 19.3. The van der Waals surface area contributed by atoms with Crippen molar-refractivity contribution in [1.29, 1.82) is 0 Å². The molecular formula is C25H17F6N7. The van der Waals surface area contributed by atoms with E-state index < -0.39 is 29.3 Å². The summed E-state index contributed by atoms with van der Waals surface area (Å²) in [6.07, 6.45) is -3.89. The topological polar surface area (TPSA) is 80.9 Å². The number of aromatic nitrogens is 5. The molecule has 0 aliphatic carbocycles. The van der Waals surface area contributed by atoms with E-state index in [0.717, 1.165) is 16.8 Å². The predicted molar refractivity (Wildman–Crippen MR) is 127 cm³/mol. The maximum absolute atomic E-state index is 13.9. The van der Waals surface area contributed by atoms with E-state index in [2.05, 4.69) is 30.4 Å². The van der Waals surface area contributed by atoms with Crippen LogP contribution in [0.3, 0.4) is 0 Å². The number of halogens is 6. The molecule has 0 saturated heterocycles. The second kappa shape index (κ2) is 9.72. The molecule has 5 rings (SSSR count). The summed E-state index contributed by atoms with van der Waals surface area (Å²) in [7, 11) is 0. The minimum Gasteiger partial charge on any atom is -0.368 e. The molecule has 13 heteroatoms. The Bertz CT molecular complexity index is 1520. The molecule has 194 valence electrons. The van der Waals surface area contributed by atoms with Crippen molar-refractivity contribution in [2.45, 2.75) is 12.4 Å². The average molecular weight is 529 g/mol. The van der Waals surface area contributed by atoms with Crippen LogP contribution in [0, 0.1) is 0 Å². The molecule has 2 aromatic heterocycles. The zero-order chi connectivity index (χ0) is 26.9. The molecule has 38 heavy (non-hydrogen) atoms. The number of amidine groups is 1. The maximum atomic E-state index is 13.9. The van der Waals surface area contributed by atoms with Crippen molar-refractivity contribution >= 4 is 17.6 Å². The van der Waals surface area contributed by atoms with E-state index in [1.54, 1.807) is 0 Å². The fourth-order valence-corrected chi connectivity index (χ4v) is 3.97. The Labute approximate surface area is 211 Å². The molecule has 1 N–H and O–H groups in total. The van der Waals surface area contributed by atoms with E-state index in [0.29, 0.717) is 30.1 Å². The number of rotatable bonds is 5. The van der Waals surface area contributed by atoms with Crippen LogP contribution >= 0.6 is 0 Å². The number of alkyl halides is 6. The van der Waals surface area contributed by atoms with E-state index in [9.17, 15) is 26.3 Å². The van der Waals surface area contributed by atoms with Gasteiger partial charge in [-0.25, -0.2) is 19.6 Å². The minimum atomic E-state index is -4.76. The van der Waals surface area contributed by atoms with Gasteiger partial charge in [0.1, 0.15) is 12.2 Å². The van der Waals surface area contributed by atoms with Gasteiger partial charge in [-0.3, -0.25) is 4.99 Å². The Morgan fingerprint density at radius 1 is 0.842 bits per heavy atom. The fraction of sp³-hybridized carbons (Fsp3) is 0.160. The summed E-state index contributed by atoms with van der Waals surface area (Å²) in [5.74, 6) is -0.299. The van der Waals surface area contributed by atoms with Crippen molar-refractivity contribution in [2.24, 2.45) is 4.99 Å². The lowest BCUT2D eigenvalue weighted by molar-refractivity contribution is -0.137. The average Bonchev–Trinajstić information content (AvgIpc) is 3.57. The SMILES string of the molecule is FC(F)(F)c1ccccc1-c1nc(-c2ccccc2C(F)(F)F)n(/C=C(/C2=NCCN2)c2cncnc2)n1. The highest BCUT2D eigenvalue weighted by atomic mass is 19.4. The van der Waals surface area contributed by atoms with E-state index >= 15 is 0 Å². The van der Waals surface area contributed by atoms with Crippen molar-refractivity contribution in [1.82, 2.24) is 30.0 Å². The van der Waals surface area contributed by atoms with Gasteiger partial charge >= 0.3 is 12.4 Å². The lowest BCUT2D eigenvalue weighted by atomic mass is 10.1. The van der Waals surface area contributed by atoms with Gasteiger partial charge in [-0.05, 0) is 12.1 Å². The standard InChI is InChI=1S/C25H17F6N7/c26-24(27,28)19-7-3-1-5-16(19)22-36-23(17-6-2-4-8-20(17)25(29,30)31)38(37-22)13-18(21-34-9-10-35-21)15-11-32-14-33-12-15/h1-8,11-14H,9-10H2,(H,34,35)/b18-13+. The normalized spacial score (nSPS) is 14.4. The smallest absolute Gasteiger partial charge is 0.368 e. The number of hydrogen-bond acceptors (Lipinski definition) is 6. The third-order valence-corrected chi connectivity index (χ3v) is 5.63. The molecule has 1 aliphatic heterocycles. The molecule has 0 unspecified atom stereocenters. The molecular weight excluding hydrogens is 512 g/mol. The Morgan fingerprint density at radius 3 is 2.05 bits per heavy atom. The highest BCUT2D eigenvalue weighted by Gasteiger charge is 2.37. The first-order chi connectivity index (χ1) is 18.1. The van der Waals surface area contributed by atoms with Gasteiger partial charge in [0.25, 0.3) is 0 Å². The first kappa shape index (κ1) is 25.1. The van der Waals surface area contributed by atoms with E-state index in [4.69, 9.17) is 0 Å². The first-order valence-electron chi connectivity index (χ1n) is 11.2. The van der Waals surface area contributed by atoms with Crippen LogP contribution in [0.25, 0.3) is 34.5 Å². The molecule has 0 atom stereocenters. The highest BCUT2D eigenvalue weighted by Crippen LogP contribution is 2.39. The lowest BCUT2D eigenvalue weighted by Crippen LogP contribution is -2.20. The quantitative estimate of drug-likeness (QED) is 0.349. The van der Waals surface area contributed by atoms with Crippen molar-refractivity contribution in [3.63, 3.8) is 0 Å². The molecule has 0 radical (unpaired) electrons. The lowest BCUT2D eigenvalue weighted by Gasteiger charge is -2.13. The summed E-state index contributed by atoms with van der Waals surface area (Å²) in [5, 5.41) is 7.30. The largest absolute Gasteiger partial charge is 0.417 e. The van der Waals surface area contributed by atoms with Gasteiger partial charge < -0.3 is 5.32 Å². The Balaban J connectivity index is 1.78. The van der Waals surface area contributed by atoms with Gasteiger partial charge in [0.2, 0.25) is 0 Å². The molecule has 1 aliphatic rings. The van der Waals surface area contributed by atoms with Gasteiger partial charge in [-0.1, -0.05) is 36.4 Å². The van der Waals surface area contributed by atoms with E-state index in [1.165, 1.54) is 61.3 Å². The first-order valence-corrected chi connectivity index (χ1v) is 11.2. The number of aliphatic imine (C=N–C) groups is 1. The summed E-state index contributed by atoms with van der Waals surface area (Å²) in [6, 6.07) is 9.26. The molecule has 0 spiro atoms. The fourth-order valence-electron chi connectivity index (χ4n) is 3.97. The van der Waals surface area contributed by atoms with Gasteiger partial charge in [0, 0.05) is 47.4 Å². The molecule has 0 saturated carbocycles. The van der Waals surface area contributed by atoms with Crippen molar-refractivity contribution < 1.29 is 26.3 Å². The van der Waals surface area contributed by atoms with E-state index in [1.807, 2.05) is 0 Å². The third-order valence-electron chi connectivity index (χ3n) is 5.63. The van der Waals surface area contributed by atoms with Crippen LogP contribution in [0.15, 0.2) is 72.2 Å². The van der Waals surface area contributed by atoms with Gasteiger partial charge in [0.05, 0.1) is 17.7 Å². The summed E-state index contributed by atoms with van der Waals surface area (Å²) in [5.41, 5.74) is -1.94. The molecule has 0 amide bonds. The Hall–Kier alpha value is -4.55. The highest BCUT2D eigenvalue weighted by molar-refractivity contribution is 6.26. The molecule has 0 fully saturated rings. The molecule has 2 aromatic carbocycles. The van der Waals surface area contributed by atoms with Gasteiger partial charge in [-0.15, -0.1) is 5.10 Å². The molecule has 4 aromatic rings. The van der Waals surface area contributed by atoms with Crippen LogP contribution in [-0.4, -0.2) is 43.7 Å². The molecule has 7 nitrogen and oxygen atoms in total. The molecule has 3 heterocycles. The second-order valence-corrected chi connectivity index (χ2v) is 8.12. The van der Waals surface area contributed by atoms with Crippen LogP contribution in [0.2, 0.25) is 0 Å². The van der Waals surface area contributed by atoms with Crippen LogP contribution < -0.4 is 5.32 Å². The maximum Gasteiger partial charge on any atom is 0.417 e. The van der Waals surface area contributed by atoms with Crippen molar-refractivity contribution in [3.8, 4) is 22.8 Å². The summed E-state index contributed by atoms with van der Waals surface area (Å²) < 4.78 is 84.1. The summed E-state index contributed by atoms with van der Waals surface area (Å²) in [4.78, 5) is 16.5. The van der Waals surface area contributed by atoms with E-state index in [-0.39, 0.29) is 17.0 Å². The van der Waals surface area contributed by atoms with Crippen LogP contribution in [0.1, 0.15) is 16.7 Å². The zero-order valence-electron chi connectivity index (χ0n) is 19.3. The number of benzene rings is 2. The van der Waals surface area contributed by atoms with Crippen molar-refractivity contribution in [2.75, 3.05) is 13.1 Å². The molecule has 0 bridgehead atoms. The third kappa shape index (κ3) is 4.99. The number of nitrogens with zero attached hydrogens (tertiary/aromatic N) is 6. The van der Waals surface area contributed by atoms with Gasteiger partial charge in [-0.2, -0.15) is 26.3 Å². The predicted octanol–water partition coefficient (Wildman–Crippen LogP) is 5.44. The van der Waals surface area contributed by atoms with Gasteiger partial charge in [0.15, 0.2) is 11.6 Å². The second-order valence-electron chi connectivity index (χ2n) is 8.12. The van der Waals surface area contributed by atoms with Crippen LogP contribution in [0.4, 0.5) is 26.3 Å². The minimum absolute atomic E-state index is 0.308. The van der Waals surface area contributed by atoms with Crippen LogP contribution in [-0.2, 0) is 12.4 Å².